The zero-order chi connectivity index (χ0) is 23.4. The lowest BCUT2D eigenvalue weighted by atomic mass is 10.00. The molecule has 5 heteroatoms. The highest BCUT2D eigenvalue weighted by atomic mass is 35.5. The lowest BCUT2D eigenvalue weighted by Gasteiger charge is -2.15. The second-order valence-corrected chi connectivity index (χ2v) is 8.93. The van der Waals surface area contributed by atoms with Crippen molar-refractivity contribution in [2.24, 2.45) is 0 Å². The summed E-state index contributed by atoms with van der Waals surface area (Å²) >= 11 is 6.44. The van der Waals surface area contributed by atoms with Gasteiger partial charge < -0.3 is 9.88 Å². The topological polar surface area (TPSA) is 46.9 Å². The predicted octanol–water partition coefficient (Wildman–Crippen LogP) is 6.66. The van der Waals surface area contributed by atoms with Crippen LogP contribution in [0.15, 0.2) is 49.7 Å². The van der Waals surface area contributed by atoms with Gasteiger partial charge in [0, 0.05) is 40.6 Å². The maximum Gasteiger partial charge on any atom is 0.252 e. The van der Waals surface area contributed by atoms with E-state index >= 15 is 0 Å². The number of hydrogen-bond donors (Lipinski definition) is 1. The summed E-state index contributed by atoms with van der Waals surface area (Å²) in [7, 11) is 0. The fraction of sp³-hybridized carbons (Fsp3) is 0.333. The Balaban J connectivity index is 2.00. The third-order valence-corrected chi connectivity index (χ3v) is 5.96. The highest BCUT2D eigenvalue weighted by Gasteiger charge is 2.19. The van der Waals surface area contributed by atoms with Gasteiger partial charge in [0.1, 0.15) is 0 Å². The Morgan fingerprint density at radius 3 is 2.59 bits per heavy atom. The molecule has 1 amide bonds. The Labute approximate surface area is 196 Å². The Hall–Kier alpha value is -2.85. The second-order valence-electron chi connectivity index (χ2n) is 8.49. The van der Waals surface area contributed by atoms with Crippen molar-refractivity contribution < 1.29 is 4.79 Å². The highest BCUT2D eigenvalue weighted by molar-refractivity contribution is 6.32. The molecule has 32 heavy (non-hydrogen) atoms. The van der Waals surface area contributed by atoms with E-state index in [1.807, 2.05) is 32.1 Å². The number of nitrogens with one attached hydrogen (secondary N) is 1. The summed E-state index contributed by atoms with van der Waals surface area (Å²) in [6, 6.07) is 6.04. The molecule has 2 aromatic heterocycles. The van der Waals surface area contributed by atoms with Crippen LogP contribution in [0.3, 0.4) is 0 Å². The van der Waals surface area contributed by atoms with Gasteiger partial charge >= 0.3 is 0 Å². The molecule has 4 nitrogen and oxygen atoms in total. The molecule has 1 aromatic carbocycles. The average Bonchev–Trinajstić information content (AvgIpc) is 3.09. The van der Waals surface area contributed by atoms with Crippen molar-refractivity contribution >= 4 is 28.4 Å². The van der Waals surface area contributed by atoms with Crippen molar-refractivity contribution in [1.82, 2.24) is 14.9 Å². The minimum Gasteiger partial charge on any atom is -0.348 e. The fourth-order valence-electron chi connectivity index (χ4n) is 4.27. The summed E-state index contributed by atoms with van der Waals surface area (Å²) in [6.45, 7) is 16.4. The molecule has 0 atom stereocenters. The number of carbonyl (C=O) groups excluding carboxylic acids is 1. The van der Waals surface area contributed by atoms with Gasteiger partial charge in [-0.3, -0.25) is 9.78 Å². The first-order chi connectivity index (χ1) is 15.3. The van der Waals surface area contributed by atoms with E-state index in [-0.39, 0.29) is 11.9 Å². The summed E-state index contributed by atoms with van der Waals surface area (Å²) in [5.41, 5.74) is 6.82. The standard InChI is InChI=1S/C27H32ClN3O/c1-7-9-11-20-12-18(5)30-19(6)24(20)15-29-27(32)23-13-22(28)14-25-26(23)21(10-8-2)16-31(25)17(3)4/h7-8,12-14,16-17H,1-2,9-11,15H2,3-6H3,(H,29,32). The molecule has 0 fully saturated rings. The number of aromatic nitrogens is 2. The number of fused-ring (bicyclic) bond motifs is 1. The maximum absolute atomic E-state index is 13.4. The number of benzene rings is 1. The van der Waals surface area contributed by atoms with Crippen LogP contribution in [0, 0.1) is 13.8 Å². The van der Waals surface area contributed by atoms with E-state index in [9.17, 15) is 4.79 Å². The number of hydrogen-bond acceptors (Lipinski definition) is 2. The van der Waals surface area contributed by atoms with Gasteiger partial charge in [-0.2, -0.15) is 0 Å². The smallest absolute Gasteiger partial charge is 0.252 e. The van der Waals surface area contributed by atoms with Crippen LogP contribution in [0.4, 0.5) is 0 Å². The normalized spacial score (nSPS) is 11.2. The average molecular weight is 450 g/mol. The molecule has 3 aromatic rings. The molecule has 168 valence electrons. The predicted molar refractivity (Wildman–Crippen MR) is 135 cm³/mol. The van der Waals surface area contributed by atoms with Gasteiger partial charge in [-0.25, -0.2) is 0 Å². The van der Waals surface area contributed by atoms with Crippen molar-refractivity contribution in [2.75, 3.05) is 0 Å². The number of carbonyl (C=O) groups is 1. The van der Waals surface area contributed by atoms with Crippen LogP contribution >= 0.6 is 11.6 Å². The van der Waals surface area contributed by atoms with Crippen LogP contribution < -0.4 is 5.32 Å². The molecule has 0 aliphatic rings. The number of halogens is 1. The first-order valence-corrected chi connectivity index (χ1v) is 11.4. The quantitative estimate of drug-likeness (QED) is 0.371. The molecule has 0 unspecified atom stereocenters. The molecule has 2 heterocycles. The largest absolute Gasteiger partial charge is 0.348 e. The van der Waals surface area contributed by atoms with E-state index in [0.717, 1.165) is 46.3 Å². The molecule has 0 radical (unpaired) electrons. The zero-order valence-corrected chi connectivity index (χ0v) is 20.2. The van der Waals surface area contributed by atoms with Crippen molar-refractivity contribution in [3.05, 3.63) is 88.4 Å². The minimum absolute atomic E-state index is 0.140. The van der Waals surface area contributed by atoms with E-state index in [2.05, 4.69) is 54.1 Å². The number of nitrogens with zero attached hydrogens (tertiary/aromatic N) is 2. The Morgan fingerprint density at radius 1 is 1.19 bits per heavy atom. The van der Waals surface area contributed by atoms with Crippen LogP contribution in [-0.2, 0) is 19.4 Å². The lowest BCUT2D eigenvalue weighted by Crippen LogP contribution is -2.24. The molecular weight excluding hydrogens is 418 g/mol. The number of allylic oxidation sites excluding steroid dienone is 2. The Morgan fingerprint density at radius 2 is 1.94 bits per heavy atom. The molecule has 3 rings (SSSR count). The monoisotopic (exact) mass is 449 g/mol. The van der Waals surface area contributed by atoms with Gasteiger partial charge in [0.25, 0.3) is 5.91 Å². The van der Waals surface area contributed by atoms with Crippen molar-refractivity contribution in [3.8, 4) is 0 Å². The number of aryl methyl sites for hydroxylation is 3. The van der Waals surface area contributed by atoms with E-state index in [1.165, 1.54) is 5.56 Å². The second kappa shape index (κ2) is 10.2. The van der Waals surface area contributed by atoms with Crippen molar-refractivity contribution in [1.29, 1.82) is 0 Å². The van der Waals surface area contributed by atoms with Crippen LogP contribution in [-0.4, -0.2) is 15.5 Å². The first kappa shape index (κ1) is 23.8. The zero-order valence-electron chi connectivity index (χ0n) is 19.5. The van der Waals surface area contributed by atoms with Gasteiger partial charge in [0.15, 0.2) is 0 Å². The van der Waals surface area contributed by atoms with Gasteiger partial charge in [-0.1, -0.05) is 23.8 Å². The summed E-state index contributed by atoms with van der Waals surface area (Å²) in [6.07, 6.45) is 8.32. The van der Waals surface area contributed by atoms with Crippen molar-refractivity contribution in [2.45, 2.75) is 59.5 Å². The first-order valence-electron chi connectivity index (χ1n) is 11.1. The molecule has 0 bridgehead atoms. The van der Waals surface area contributed by atoms with E-state index in [4.69, 9.17) is 11.6 Å². The maximum atomic E-state index is 13.4. The van der Waals surface area contributed by atoms with E-state index in [0.29, 0.717) is 23.6 Å². The Kier molecular flexibility index (Phi) is 7.57. The Bertz CT molecular complexity index is 1170. The molecule has 0 aliphatic heterocycles. The van der Waals surface area contributed by atoms with Gasteiger partial charge in [-0.05, 0) is 81.8 Å². The van der Waals surface area contributed by atoms with Gasteiger partial charge in [0.2, 0.25) is 0 Å². The molecular formula is C27H32ClN3O. The number of amides is 1. The lowest BCUT2D eigenvalue weighted by molar-refractivity contribution is 0.0952. The molecule has 0 saturated carbocycles. The third-order valence-electron chi connectivity index (χ3n) is 5.74. The summed E-state index contributed by atoms with van der Waals surface area (Å²) in [5.74, 6) is -0.140. The van der Waals surface area contributed by atoms with Crippen LogP contribution in [0.1, 0.15) is 64.7 Å². The SMILES string of the molecule is C=CCCc1cc(C)nc(C)c1CNC(=O)c1cc(Cl)cc2c1c(CC=C)cn2C(C)C. The van der Waals surface area contributed by atoms with Crippen LogP contribution in [0.2, 0.25) is 5.02 Å². The van der Waals surface area contributed by atoms with E-state index in [1.54, 1.807) is 6.07 Å². The fourth-order valence-corrected chi connectivity index (χ4v) is 4.49. The summed E-state index contributed by atoms with van der Waals surface area (Å²) in [4.78, 5) is 18.0. The van der Waals surface area contributed by atoms with Gasteiger partial charge in [-0.15, -0.1) is 13.2 Å². The van der Waals surface area contributed by atoms with Crippen LogP contribution in [0.5, 0.6) is 0 Å². The third kappa shape index (κ3) is 4.97. The molecule has 1 N–H and O–H groups in total. The molecule has 0 saturated heterocycles. The summed E-state index contributed by atoms with van der Waals surface area (Å²) < 4.78 is 2.16. The van der Waals surface area contributed by atoms with Gasteiger partial charge in [0.05, 0.1) is 11.1 Å². The van der Waals surface area contributed by atoms with Crippen LogP contribution in [0.25, 0.3) is 10.9 Å². The molecule has 0 spiro atoms. The summed E-state index contributed by atoms with van der Waals surface area (Å²) in [5, 5.41) is 4.61. The number of rotatable bonds is 9. The number of pyridine rings is 1. The van der Waals surface area contributed by atoms with Crippen molar-refractivity contribution in [3.63, 3.8) is 0 Å². The van der Waals surface area contributed by atoms with E-state index < -0.39 is 0 Å². The highest BCUT2D eigenvalue weighted by Crippen LogP contribution is 2.32. The molecule has 0 aliphatic carbocycles. The minimum atomic E-state index is -0.140.